The van der Waals surface area contributed by atoms with Crippen molar-refractivity contribution < 1.29 is 0 Å². The molecule has 0 bridgehead atoms. The summed E-state index contributed by atoms with van der Waals surface area (Å²) in [6, 6.07) is 27.0. The van der Waals surface area contributed by atoms with Gasteiger partial charge in [-0.05, 0) is 60.1 Å². The molecular formula is C30H24N6. The van der Waals surface area contributed by atoms with Crippen LogP contribution in [0, 0.1) is 0 Å². The van der Waals surface area contributed by atoms with Gasteiger partial charge in [-0.15, -0.1) is 0 Å². The van der Waals surface area contributed by atoms with Gasteiger partial charge in [0.05, 0.1) is 0 Å². The molecule has 1 aliphatic heterocycles. The van der Waals surface area contributed by atoms with Crippen LogP contribution in [0.1, 0.15) is 5.82 Å². The maximum Gasteiger partial charge on any atom is 0.164 e. The van der Waals surface area contributed by atoms with E-state index in [-0.39, 0.29) is 0 Å². The van der Waals surface area contributed by atoms with Crippen molar-refractivity contribution in [3.8, 4) is 22.8 Å². The van der Waals surface area contributed by atoms with E-state index in [9.17, 15) is 0 Å². The molecule has 1 N–H and O–H groups in total. The van der Waals surface area contributed by atoms with E-state index in [0.29, 0.717) is 17.5 Å². The number of dihydropyridines is 1. The number of pyridine rings is 1. The van der Waals surface area contributed by atoms with E-state index >= 15 is 0 Å². The summed E-state index contributed by atoms with van der Waals surface area (Å²) >= 11 is 0. The van der Waals surface area contributed by atoms with Gasteiger partial charge in [-0.2, -0.15) is 0 Å². The Labute approximate surface area is 209 Å². The molecule has 1 aliphatic rings. The second-order valence-corrected chi connectivity index (χ2v) is 8.55. The van der Waals surface area contributed by atoms with Crippen molar-refractivity contribution in [1.29, 1.82) is 0 Å². The second-order valence-electron chi connectivity index (χ2n) is 8.55. The summed E-state index contributed by atoms with van der Waals surface area (Å²) < 4.78 is 0. The molecule has 0 atom stereocenters. The van der Waals surface area contributed by atoms with Crippen LogP contribution < -0.4 is 10.2 Å². The monoisotopic (exact) mass is 468 g/mol. The summed E-state index contributed by atoms with van der Waals surface area (Å²) in [6.45, 7) is 0.743. The lowest BCUT2D eigenvalue weighted by atomic mass is 10.1. The maximum atomic E-state index is 4.83. The number of nitrogens with one attached hydrogen (secondary N) is 1. The summed E-state index contributed by atoms with van der Waals surface area (Å²) in [6.07, 6.45) is 9.49. The van der Waals surface area contributed by atoms with Crippen LogP contribution in [-0.4, -0.2) is 33.5 Å². The van der Waals surface area contributed by atoms with Crippen LogP contribution in [0.4, 0.5) is 11.4 Å². The summed E-state index contributed by atoms with van der Waals surface area (Å²) in [4.78, 5) is 20.7. The topological polar surface area (TPSA) is 66.8 Å². The highest BCUT2D eigenvalue weighted by atomic mass is 15.1. The van der Waals surface area contributed by atoms with Crippen molar-refractivity contribution in [2.75, 3.05) is 18.5 Å². The first-order valence-corrected chi connectivity index (χ1v) is 11.9. The van der Waals surface area contributed by atoms with Gasteiger partial charge in [0.1, 0.15) is 0 Å². The first-order valence-electron chi connectivity index (χ1n) is 11.9. The third-order valence-electron chi connectivity index (χ3n) is 6.29. The van der Waals surface area contributed by atoms with Gasteiger partial charge in [0.2, 0.25) is 0 Å². The fourth-order valence-corrected chi connectivity index (χ4v) is 4.36. The zero-order valence-electron chi connectivity index (χ0n) is 19.8. The number of hydrogen-bond donors (Lipinski definition) is 1. The number of anilines is 2. The summed E-state index contributed by atoms with van der Waals surface area (Å²) in [5, 5.41) is 5.62. The summed E-state index contributed by atoms with van der Waals surface area (Å²) in [5.41, 5.74) is 5.05. The van der Waals surface area contributed by atoms with Crippen LogP contribution in [0.2, 0.25) is 0 Å². The molecule has 0 amide bonds. The fourth-order valence-electron chi connectivity index (χ4n) is 4.36. The van der Waals surface area contributed by atoms with Crippen LogP contribution in [0.3, 0.4) is 0 Å². The van der Waals surface area contributed by atoms with E-state index in [1.807, 2.05) is 24.4 Å². The molecule has 0 saturated carbocycles. The molecule has 0 saturated heterocycles. The fraction of sp³-hybridized carbons (Fsp3) is 0.0667. The quantitative estimate of drug-likeness (QED) is 0.340. The Balaban J connectivity index is 1.38. The van der Waals surface area contributed by atoms with Gasteiger partial charge < -0.3 is 10.2 Å². The van der Waals surface area contributed by atoms with E-state index in [2.05, 4.69) is 95.1 Å². The Kier molecular flexibility index (Phi) is 5.68. The smallest absolute Gasteiger partial charge is 0.164 e. The molecule has 0 spiro atoms. The van der Waals surface area contributed by atoms with Crippen LogP contribution in [0.15, 0.2) is 110 Å². The van der Waals surface area contributed by atoms with E-state index in [4.69, 9.17) is 15.0 Å². The number of aromatic nitrogens is 4. The number of nitrogens with zero attached hydrogens (tertiary/aromatic N) is 5. The van der Waals surface area contributed by atoms with Crippen molar-refractivity contribution in [2.24, 2.45) is 0 Å². The predicted octanol–water partition coefficient (Wildman–Crippen LogP) is 6.02. The van der Waals surface area contributed by atoms with Crippen molar-refractivity contribution in [3.63, 3.8) is 0 Å². The zero-order valence-corrected chi connectivity index (χ0v) is 19.8. The molecule has 3 aromatic carbocycles. The van der Waals surface area contributed by atoms with Crippen molar-refractivity contribution >= 4 is 27.7 Å². The van der Waals surface area contributed by atoms with Gasteiger partial charge in [-0.3, -0.25) is 4.98 Å². The molecule has 0 unspecified atom stereocenters. The lowest BCUT2D eigenvalue weighted by molar-refractivity contribution is 0.964. The van der Waals surface area contributed by atoms with Crippen LogP contribution >= 0.6 is 0 Å². The van der Waals surface area contributed by atoms with Crippen molar-refractivity contribution in [3.05, 3.63) is 115 Å². The lowest BCUT2D eigenvalue weighted by Crippen LogP contribution is -2.11. The Bertz CT molecular complexity index is 1580. The van der Waals surface area contributed by atoms with Crippen LogP contribution in [0.25, 0.3) is 39.1 Å². The molecular weight excluding hydrogens is 444 g/mol. The van der Waals surface area contributed by atoms with E-state index in [1.54, 1.807) is 12.4 Å². The molecule has 5 aromatic rings. The minimum Gasteiger partial charge on any atom is -0.387 e. The molecule has 0 fully saturated rings. The van der Waals surface area contributed by atoms with Crippen molar-refractivity contribution in [1.82, 2.24) is 25.3 Å². The van der Waals surface area contributed by atoms with Gasteiger partial charge >= 0.3 is 0 Å². The molecule has 174 valence electrons. The average Bonchev–Trinajstić information content (AvgIpc) is 2.97. The van der Waals surface area contributed by atoms with Crippen LogP contribution in [0.5, 0.6) is 0 Å². The molecule has 3 heterocycles. The number of hydrogen-bond acceptors (Lipinski definition) is 6. The van der Waals surface area contributed by atoms with Gasteiger partial charge in [-0.1, -0.05) is 42.5 Å². The number of allylic oxidation sites excluding steroid dienone is 2. The molecule has 0 aliphatic carbocycles. The Morgan fingerprint density at radius 2 is 1.42 bits per heavy atom. The van der Waals surface area contributed by atoms with E-state index < -0.39 is 0 Å². The predicted molar refractivity (Wildman–Crippen MR) is 146 cm³/mol. The van der Waals surface area contributed by atoms with Crippen molar-refractivity contribution in [2.45, 2.75) is 0 Å². The average molecular weight is 469 g/mol. The minimum absolute atomic E-state index is 0.627. The molecule has 2 aromatic heterocycles. The minimum atomic E-state index is 0.627. The van der Waals surface area contributed by atoms with Gasteiger partial charge in [0.25, 0.3) is 0 Å². The van der Waals surface area contributed by atoms with Gasteiger partial charge in [0.15, 0.2) is 17.5 Å². The third-order valence-corrected chi connectivity index (χ3v) is 6.29. The number of fused-ring (bicyclic) bond motifs is 1. The number of rotatable bonds is 5. The largest absolute Gasteiger partial charge is 0.387 e. The van der Waals surface area contributed by atoms with Gasteiger partial charge in [0, 0.05) is 59.4 Å². The van der Waals surface area contributed by atoms with Gasteiger partial charge in [-0.25, -0.2) is 15.0 Å². The van der Waals surface area contributed by atoms with E-state index in [1.165, 1.54) is 10.8 Å². The second kappa shape index (κ2) is 9.43. The zero-order chi connectivity index (χ0) is 24.3. The Hall–Kier alpha value is -4.84. The lowest BCUT2D eigenvalue weighted by Gasteiger charge is -2.21. The third kappa shape index (κ3) is 4.20. The highest BCUT2D eigenvalue weighted by molar-refractivity contribution is 5.96. The number of benzene rings is 3. The Morgan fingerprint density at radius 3 is 2.17 bits per heavy atom. The van der Waals surface area contributed by atoms with E-state index in [0.717, 1.165) is 34.6 Å². The molecule has 6 rings (SSSR count). The van der Waals surface area contributed by atoms with Crippen LogP contribution in [-0.2, 0) is 0 Å². The maximum absolute atomic E-state index is 4.83. The normalized spacial score (nSPS) is 12.8. The highest BCUT2D eigenvalue weighted by Gasteiger charge is 2.14. The first kappa shape index (κ1) is 21.7. The first-order chi connectivity index (χ1) is 17.8. The highest BCUT2D eigenvalue weighted by Crippen LogP contribution is 2.32. The molecule has 6 heteroatoms. The molecule has 36 heavy (non-hydrogen) atoms. The SMILES string of the molecule is CN(c1ccc(-c2nc(C3=CCNC=C3)nc(-c3ccncc3)n2)cc1)c1cccc2ccccc12. The summed E-state index contributed by atoms with van der Waals surface area (Å²) in [7, 11) is 2.09. The Morgan fingerprint density at radius 1 is 0.722 bits per heavy atom. The standard InChI is InChI=1S/C30H24N6/c1-36(27-8-4-6-21-5-2-3-7-26(21)27)25-11-9-22(10-12-25)28-33-29(23-13-17-31-18-14-23)35-30(34-28)24-15-19-32-20-16-24/h2-19,32H,20H2,1H3. The molecule has 0 radical (unpaired) electrons. The summed E-state index contributed by atoms with van der Waals surface area (Å²) in [5.74, 6) is 1.92. The molecule has 6 nitrogen and oxygen atoms in total.